The Morgan fingerprint density at radius 3 is 2.60 bits per heavy atom. The van der Waals surface area contributed by atoms with Crippen LogP contribution in [0.4, 0.5) is 0 Å². The molecule has 0 radical (unpaired) electrons. The second-order valence-electron chi connectivity index (χ2n) is 3.33. The number of carbonyl (C=O) groups excluding carboxylic acids is 1. The predicted molar refractivity (Wildman–Crippen MR) is 53.4 cm³/mol. The lowest BCUT2D eigenvalue weighted by molar-refractivity contribution is 0.0870. The summed E-state index contributed by atoms with van der Waals surface area (Å²) in [5, 5.41) is 24.1. The van der Waals surface area contributed by atoms with Crippen molar-refractivity contribution < 1.29 is 15.0 Å². The fourth-order valence-electron chi connectivity index (χ4n) is 1.23. The zero-order valence-electron chi connectivity index (χ0n) is 8.77. The Hall–Kier alpha value is -1.40. The Kier molecular flexibility index (Phi) is 3.81. The number of hydrogen-bond donors (Lipinski definition) is 3. The number of nitrogens with one attached hydrogen (secondary N) is 1. The quantitative estimate of drug-likeness (QED) is 0.587. The van der Waals surface area contributed by atoms with Crippen LogP contribution >= 0.6 is 0 Å². The Morgan fingerprint density at radius 2 is 2.20 bits per heavy atom. The fourth-order valence-corrected chi connectivity index (χ4v) is 1.23. The van der Waals surface area contributed by atoms with Crippen molar-refractivity contribution in [2.75, 3.05) is 13.2 Å². The average molecular weight is 213 g/mol. The van der Waals surface area contributed by atoms with Crippen LogP contribution in [-0.4, -0.2) is 45.2 Å². The smallest absolute Gasteiger partial charge is 0.269 e. The van der Waals surface area contributed by atoms with Crippen molar-refractivity contribution in [2.24, 2.45) is 7.05 Å². The molecule has 1 heterocycles. The molecule has 0 bridgehead atoms. The van der Waals surface area contributed by atoms with Crippen molar-refractivity contribution >= 4 is 5.91 Å². The maximum Gasteiger partial charge on any atom is 0.269 e. The van der Waals surface area contributed by atoms with Gasteiger partial charge in [0.05, 0.1) is 24.9 Å². The molecule has 0 unspecified atom stereocenters. The minimum absolute atomic E-state index is 0.293. The van der Waals surface area contributed by atoms with E-state index in [2.05, 4.69) is 10.4 Å². The van der Waals surface area contributed by atoms with Gasteiger partial charge in [-0.25, -0.2) is 0 Å². The van der Waals surface area contributed by atoms with Gasteiger partial charge in [-0.2, -0.15) is 5.10 Å². The topological polar surface area (TPSA) is 87.4 Å². The van der Waals surface area contributed by atoms with E-state index in [1.165, 1.54) is 4.68 Å². The molecule has 1 aromatic rings. The van der Waals surface area contributed by atoms with E-state index in [-0.39, 0.29) is 19.1 Å². The molecule has 6 heteroatoms. The van der Waals surface area contributed by atoms with Gasteiger partial charge in [-0.1, -0.05) is 0 Å². The summed E-state index contributed by atoms with van der Waals surface area (Å²) in [5.74, 6) is -0.355. The summed E-state index contributed by atoms with van der Waals surface area (Å²) in [4.78, 5) is 11.6. The van der Waals surface area contributed by atoms with E-state index >= 15 is 0 Å². The minimum atomic E-state index is -0.632. The van der Waals surface area contributed by atoms with Crippen molar-refractivity contribution in [3.8, 4) is 0 Å². The van der Waals surface area contributed by atoms with Gasteiger partial charge in [-0.3, -0.25) is 9.48 Å². The zero-order chi connectivity index (χ0) is 11.4. The van der Waals surface area contributed by atoms with E-state index in [1.54, 1.807) is 20.0 Å². The first kappa shape index (κ1) is 11.7. The highest BCUT2D eigenvalue weighted by molar-refractivity contribution is 5.92. The average Bonchev–Trinajstić information content (AvgIpc) is 2.54. The third-order valence-corrected chi connectivity index (χ3v) is 2.01. The molecule has 1 amide bonds. The molecular weight excluding hydrogens is 198 g/mol. The van der Waals surface area contributed by atoms with Crippen molar-refractivity contribution in [3.63, 3.8) is 0 Å². The van der Waals surface area contributed by atoms with Crippen LogP contribution in [-0.2, 0) is 7.05 Å². The number of hydrogen-bond acceptors (Lipinski definition) is 4. The van der Waals surface area contributed by atoms with Gasteiger partial charge < -0.3 is 15.5 Å². The van der Waals surface area contributed by atoms with Gasteiger partial charge in [0.2, 0.25) is 0 Å². The van der Waals surface area contributed by atoms with Crippen LogP contribution in [0.1, 0.15) is 16.2 Å². The standard InChI is InChI=1S/C9H15N3O3/c1-6-3-8(12(2)11-6)9(15)10-7(4-13)5-14/h3,7,13-14H,4-5H2,1-2H3,(H,10,15). The van der Waals surface area contributed by atoms with Gasteiger partial charge in [0.15, 0.2) is 0 Å². The zero-order valence-corrected chi connectivity index (χ0v) is 8.77. The number of nitrogens with zero attached hydrogens (tertiary/aromatic N) is 2. The number of aliphatic hydroxyl groups is 2. The van der Waals surface area contributed by atoms with E-state index in [1.807, 2.05) is 0 Å². The molecule has 0 saturated carbocycles. The molecule has 0 atom stereocenters. The molecule has 1 aromatic heterocycles. The molecule has 0 spiro atoms. The normalized spacial score (nSPS) is 10.7. The Morgan fingerprint density at radius 1 is 1.60 bits per heavy atom. The third kappa shape index (κ3) is 2.77. The number of amides is 1. The maximum atomic E-state index is 11.6. The number of carbonyl (C=O) groups is 1. The van der Waals surface area contributed by atoms with Gasteiger partial charge in [0.1, 0.15) is 5.69 Å². The Balaban J connectivity index is 2.72. The van der Waals surface area contributed by atoms with Gasteiger partial charge in [0.25, 0.3) is 5.91 Å². The lowest BCUT2D eigenvalue weighted by atomic mass is 10.3. The van der Waals surface area contributed by atoms with Gasteiger partial charge in [-0.05, 0) is 13.0 Å². The second kappa shape index (κ2) is 4.90. The summed E-state index contributed by atoms with van der Waals surface area (Å²) in [5.41, 5.74) is 1.14. The third-order valence-electron chi connectivity index (χ3n) is 2.01. The summed E-state index contributed by atoms with van der Waals surface area (Å²) in [6.45, 7) is 1.20. The highest BCUT2D eigenvalue weighted by Crippen LogP contribution is 2.01. The van der Waals surface area contributed by atoms with Crippen LogP contribution in [0, 0.1) is 6.92 Å². The highest BCUT2D eigenvalue weighted by atomic mass is 16.3. The molecule has 0 aliphatic heterocycles. The van der Waals surface area contributed by atoms with Crippen LogP contribution in [0.3, 0.4) is 0 Å². The van der Waals surface area contributed by atoms with Gasteiger partial charge in [-0.15, -0.1) is 0 Å². The van der Waals surface area contributed by atoms with Crippen LogP contribution < -0.4 is 5.32 Å². The lowest BCUT2D eigenvalue weighted by Gasteiger charge is -2.12. The molecule has 0 saturated heterocycles. The summed E-state index contributed by atoms with van der Waals surface area (Å²) < 4.78 is 1.45. The van der Waals surface area contributed by atoms with Crippen LogP contribution in [0.5, 0.6) is 0 Å². The first-order chi connectivity index (χ1) is 7.08. The molecule has 1 rings (SSSR count). The van der Waals surface area contributed by atoms with Crippen molar-refractivity contribution in [3.05, 3.63) is 17.5 Å². The number of aromatic nitrogens is 2. The summed E-state index contributed by atoms with van der Waals surface area (Å²) in [6.07, 6.45) is 0. The summed E-state index contributed by atoms with van der Waals surface area (Å²) in [7, 11) is 1.66. The van der Waals surface area contributed by atoms with E-state index < -0.39 is 6.04 Å². The SMILES string of the molecule is Cc1cc(C(=O)NC(CO)CO)n(C)n1. The monoisotopic (exact) mass is 213 g/mol. The fraction of sp³-hybridized carbons (Fsp3) is 0.556. The minimum Gasteiger partial charge on any atom is -0.394 e. The van der Waals surface area contributed by atoms with Crippen LogP contribution in [0.25, 0.3) is 0 Å². The van der Waals surface area contributed by atoms with Crippen molar-refractivity contribution in [1.82, 2.24) is 15.1 Å². The predicted octanol–water partition coefficient (Wildman–Crippen LogP) is -1.19. The van der Waals surface area contributed by atoms with E-state index in [9.17, 15) is 4.79 Å². The highest BCUT2D eigenvalue weighted by Gasteiger charge is 2.15. The number of aryl methyl sites for hydroxylation is 2. The molecule has 6 nitrogen and oxygen atoms in total. The van der Waals surface area contributed by atoms with Crippen LogP contribution in [0.2, 0.25) is 0 Å². The molecular formula is C9H15N3O3. The maximum absolute atomic E-state index is 11.6. The molecule has 15 heavy (non-hydrogen) atoms. The largest absolute Gasteiger partial charge is 0.394 e. The molecule has 0 aromatic carbocycles. The Labute approximate surface area is 87.5 Å². The number of aliphatic hydroxyl groups excluding tert-OH is 2. The summed E-state index contributed by atoms with van der Waals surface area (Å²) >= 11 is 0. The first-order valence-corrected chi connectivity index (χ1v) is 4.61. The van der Waals surface area contributed by atoms with Crippen molar-refractivity contribution in [1.29, 1.82) is 0 Å². The van der Waals surface area contributed by atoms with E-state index in [0.29, 0.717) is 5.69 Å². The Bertz CT molecular complexity index is 344. The molecule has 84 valence electrons. The molecule has 0 aliphatic carbocycles. The van der Waals surface area contributed by atoms with E-state index in [4.69, 9.17) is 10.2 Å². The summed E-state index contributed by atoms with van der Waals surface area (Å²) in [6, 6.07) is 1.01. The molecule has 0 fully saturated rings. The van der Waals surface area contributed by atoms with E-state index in [0.717, 1.165) is 5.69 Å². The second-order valence-corrected chi connectivity index (χ2v) is 3.33. The molecule has 0 aliphatic rings. The van der Waals surface area contributed by atoms with Crippen LogP contribution in [0.15, 0.2) is 6.07 Å². The molecule has 3 N–H and O–H groups in total. The first-order valence-electron chi connectivity index (χ1n) is 4.61. The number of rotatable bonds is 4. The van der Waals surface area contributed by atoms with Gasteiger partial charge in [0, 0.05) is 7.05 Å². The van der Waals surface area contributed by atoms with Gasteiger partial charge >= 0.3 is 0 Å². The lowest BCUT2D eigenvalue weighted by Crippen LogP contribution is -2.40. The van der Waals surface area contributed by atoms with Crippen molar-refractivity contribution in [2.45, 2.75) is 13.0 Å².